The summed E-state index contributed by atoms with van der Waals surface area (Å²) in [7, 11) is 1.37. The highest BCUT2D eigenvalue weighted by Gasteiger charge is 2.79. The number of ketones is 2. The standard InChI is InChI=1S/C19H23N3O9/c1-8-13(24)12-11(14(25)15(8)31-9-4-29-7-30-5-9)18(6-23,21-17(26)27)19(28-2)16-10(20-16)3-22(12)19/h9-10,16,20-21,23H,3-7H2,1-2H3,(H,26,27). The number of aliphatic hydroxyl groups is 1. The fraction of sp³-hybridized carbons (Fsp3) is 0.632. The van der Waals surface area contributed by atoms with Gasteiger partial charge in [-0.3, -0.25) is 9.59 Å². The maximum atomic E-state index is 13.7. The zero-order chi connectivity index (χ0) is 22.1. The van der Waals surface area contributed by atoms with Gasteiger partial charge >= 0.3 is 6.09 Å². The number of hydrogen-bond acceptors (Lipinski definition) is 10. The molecule has 5 rings (SSSR count). The molecule has 3 fully saturated rings. The Labute approximate surface area is 176 Å². The molecule has 0 aromatic rings. The van der Waals surface area contributed by atoms with E-state index in [1.807, 2.05) is 0 Å². The van der Waals surface area contributed by atoms with Gasteiger partial charge in [-0.05, 0) is 6.92 Å². The zero-order valence-corrected chi connectivity index (χ0v) is 17.0. The van der Waals surface area contributed by atoms with Crippen LogP contribution in [-0.2, 0) is 28.5 Å². The monoisotopic (exact) mass is 437 g/mol. The van der Waals surface area contributed by atoms with Crippen LogP contribution in [0.4, 0.5) is 4.79 Å². The highest BCUT2D eigenvalue weighted by atomic mass is 16.7. The maximum absolute atomic E-state index is 13.7. The molecule has 3 saturated heterocycles. The van der Waals surface area contributed by atoms with Gasteiger partial charge in [0.25, 0.3) is 0 Å². The average molecular weight is 437 g/mol. The third-order valence-electron chi connectivity index (χ3n) is 6.69. The Bertz CT molecular complexity index is 940. The molecule has 4 N–H and O–H groups in total. The second kappa shape index (κ2) is 6.74. The van der Waals surface area contributed by atoms with E-state index in [0.717, 1.165) is 0 Å². The van der Waals surface area contributed by atoms with Crippen LogP contribution in [0.1, 0.15) is 6.92 Å². The quantitative estimate of drug-likeness (QED) is 0.279. The first-order valence-corrected chi connectivity index (χ1v) is 9.90. The van der Waals surface area contributed by atoms with E-state index in [2.05, 4.69) is 10.6 Å². The Morgan fingerprint density at radius 1 is 1.32 bits per heavy atom. The van der Waals surface area contributed by atoms with E-state index in [1.165, 1.54) is 14.0 Å². The van der Waals surface area contributed by atoms with E-state index in [4.69, 9.17) is 18.9 Å². The summed E-state index contributed by atoms with van der Waals surface area (Å²) >= 11 is 0. The first-order chi connectivity index (χ1) is 14.8. The van der Waals surface area contributed by atoms with Gasteiger partial charge in [0.1, 0.15) is 18.4 Å². The summed E-state index contributed by atoms with van der Waals surface area (Å²) in [5.74, 6) is -1.36. The van der Waals surface area contributed by atoms with Gasteiger partial charge in [0.15, 0.2) is 11.5 Å². The van der Waals surface area contributed by atoms with Gasteiger partial charge in [-0.2, -0.15) is 0 Å². The Kier molecular flexibility index (Phi) is 4.44. The average Bonchev–Trinajstić information content (AvgIpc) is 3.38. The minimum absolute atomic E-state index is 0.0321. The molecule has 4 atom stereocenters. The smallest absolute Gasteiger partial charge is 0.405 e. The van der Waals surface area contributed by atoms with Crippen LogP contribution in [-0.4, -0.2) is 102 Å². The molecule has 4 aliphatic heterocycles. The zero-order valence-electron chi connectivity index (χ0n) is 17.0. The molecule has 0 aromatic heterocycles. The summed E-state index contributed by atoms with van der Waals surface area (Å²) in [5, 5.41) is 25.6. The number of piperazine rings is 1. The van der Waals surface area contributed by atoms with Crippen LogP contribution in [0.25, 0.3) is 0 Å². The number of Topliss-reactive ketones (excluding diaryl/α,β-unsaturated/α-hetero) is 2. The van der Waals surface area contributed by atoms with Crippen molar-refractivity contribution >= 4 is 17.7 Å². The molecule has 0 saturated carbocycles. The van der Waals surface area contributed by atoms with Crippen LogP contribution in [0.15, 0.2) is 22.6 Å². The normalized spacial score (nSPS) is 37.1. The van der Waals surface area contributed by atoms with Crippen LogP contribution in [0.3, 0.4) is 0 Å². The van der Waals surface area contributed by atoms with Crippen molar-refractivity contribution in [1.82, 2.24) is 15.5 Å². The van der Waals surface area contributed by atoms with E-state index in [-0.39, 0.29) is 54.7 Å². The minimum Gasteiger partial charge on any atom is -0.481 e. The second-order valence-electron chi connectivity index (χ2n) is 8.19. The van der Waals surface area contributed by atoms with Crippen molar-refractivity contribution in [2.45, 2.75) is 36.4 Å². The van der Waals surface area contributed by atoms with E-state index in [1.54, 1.807) is 4.90 Å². The summed E-state index contributed by atoms with van der Waals surface area (Å²) in [5.41, 5.74) is -3.42. The molecule has 1 amide bonds. The predicted octanol–water partition coefficient (Wildman–Crippen LogP) is -1.93. The molecule has 0 spiro atoms. The Balaban J connectivity index is 1.63. The largest absolute Gasteiger partial charge is 0.481 e. The third kappa shape index (κ3) is 2.44. The molecule has 5 aliphatic rings. The highest BCUT2D eigenvalue weighted by molar-refractivity contribution is 6.26. The van der Waals surface area contributed by atoms with Crippen LogP contribution < -0.4 is 10.6 Å². The van der Waals surface area contributed by atoms with Gasteiger partial charge in [-0.15, -0.1) is 0 Å². The fourth-order valence-electron chi connectivity index (χ4n) is 5.41. The molecule has 12 heteroatoms. The molecule has 4 unspecified atom stereocenters. The number of methoxy groups -OCH3 is 1. The van der Waals surface area contributed by atoms with E-state index >= 15 is 0 Å². The molecule has 0 bridgehead atoms. The lowest BCUT2D eigenvalue weighted by Gasteiger charge is -2.46. The van der Waals surface area contributed by atoms with Crippen molar-refractivity contribution in [3.63, 3.8) is 0 Å². The SMILES string of the molecule is COC12C3NC3CN1C1=C(C(=O)C(OC3COCOC3)=C(C)C1=O)C2(CO)NC(=O)O. The lowest BCUT2D eigenvalue weighted by Crippen LogP contribution is -2.72. The summed E-state index contributed by atoms with van der Waals surface area (Å²) in [4.78, 5) is 40.5. The Hall–Kier alpha value is -2.51. The van der Waals surface area contributed by atoms with Crippen LogP contribution in [0.5, 0.6) is 0 Å². The Morgan fingerprint density at radius 3 is 2.65 bits per heavy atom. The number of rotatable bonds is 5. The number of ether oxygens (including phenoxy) is 4. The highest BCUT2D eigenvalue weighted by Crippen LogP contribution is 2.57. The number of amides is 1. The molecule has 31 heavy (non-hydrogen) atoms. The number of hydrogen-bond donors (Lipinski definition) is 4. The lowest BCUT2D eigenvalue weighted by atomic mass is 9.76. The van der Waals surface area contributed by atoms with Gasteiger partial charge in [-0.25, -0.2) is 4.79 Å². The van der Waals surface area contributed by atoms with Crippen molar-refractivity contribution in [1.29, 1.82) is 0 Å². The molecule has 0 aromatic carbocycles. The van der Waals surface area contributed by atoms with Crippen molar-refractivity contribution in [3.05, 3.63) is 22.6 Å². The Morgan fingerprint density at radius 2 is 2.03 bits per heavy atom. The molecule has 0 radical (unpaired) electrons. The predicted molar refractivity (Wildman–Crippen MR) is 99.5 cm³/mol. The number of carbonyl (C=O) groups excluding carboxylic acids is 2. The maximum Gasteiger partial charge on any atom is 0.405 e. The summed E-state index contributed by atoms with van der Waals surface area (Å²) < 4.78 is 22.0. The molecular weight excluding hydrogens is 414 g/mol. The van der Waals surface area contributed by atoms with E-state index in [9.17, 15) is 24.6 Å². The summed E-state index contributed by atoms with van der Waals surface area (Å²) in [6, 6.07) is -0.440. The second-order valence-corrected chi connectivity index (χ2v) is 8.19. The summed E-state index contributed by atoms with van der Waals surface area (Å²) in [6.45, 7) is 1.46. The number of nitrogens with zero attached hydrogens (tertiary/aromatic N) is 1. The minimum atomic E-state index is -1.90. The van der Waals surface area contributed by atoms with Crippen molar-refractivity contribution in [2.75, 3.05) is 40.3 Å². The van der Waals surface area contributed by atoms with Gasteiger partial charge in [0.05, 0.1) is 37.1 Å². The van der Waals surface area contributed by atoms with Gasteiger partial charge in [0.2, 0.25) is 11.6 Å². The van der Waals surface area contributed by atoms with Gasteiger partial charge in [-0.1, -0.05) is 0 Å². The van der Waals surface area contributed by atoms with E-state index in [0.29, 0.717) is 6.54 Å². The summed E-state index contributed by atoms with van der Waals surface area (Å²) in [6.07, 6.45) is -2.08. The number of aliphatic hydroxyl groups excluding tert-OH is 1. The molecule has 12 nitrogen and oxygen atoms in total. The number of carbonyl (C=O) groups is 3. The van der Waals surface area contributed by atoms with Gasteiger partial charge < -0.3 is 44.7 Å². The van der Waals surface area contributed by atoms with Gasteiger partial charge in [0, 0.05) is 25.3 Å². The van der Waals surface area contributed by atoms with Crippen molar-refractivity contribution in [3.8, 4) is 0 Å². The molecule has 168 valence electrons. The van der Waals surface area contributed by atoms with Crippen molar-refractivity contribution < 1.29 is 43.5 Å². The van der Waals surface area contributed by atoms with Crippen LogP contribution >= 0.6 is 0 Å². The van der Waals surface area contributed by atoms with Crippen LogP contribution in [0.2, 0.25) is 0 Å². The number of carboxylic acid groups (broad SMARTS) is 1. The molecule has 4 heterocycles. The first-order valence-electron chi connectivity index (χ1n) is 9.90. The van der Waals surface area contributed by atoms with Crippen LogP contribution in [0, 0.1) is 0 Å². The third-order valence-corrected chi connectivity index (χ3v) is 6.69. The number of allylic oxidation sites excluding steroid dienone is 2. The molecular formula is C19H23N3O9. The fourth-order valence-corrected chi connectivity index (χ4v) is 5.41. The number of nitrogens with one attached hydrogen (secondary N) is 2. The lowest BCUT2D eigenvalue weighted by molar-refractivity contribution is -0.160. The van der Waals surface area contributed by atoms with E-state index < -0.39 is 41.6 Å². The topological polar surface area (TPSA) is 166 Å². The number of fused-ring (bicyclic) bond motifs is 4. The first kappa shape index (κ1) is 20.4. The molecule has 1 aliphatic carbocycles. The van der Waals surface area contributed by atoms with Crippen molar-refractivity contribution in [2.24, 2.45) is 0 Å².